The van der Waals surface area contributed by atoms with Gasteiger partial charge < -0.3 is 10.2 Å². The van der Waals surface area contributed by atoms with E-state index in [1.807, 2.05) is 14.1 Å². The number of nitrogens with one attached hydrogen (secondary N) is 1. The molecule has 4 rings (SSSR count). The van der Waals surface area contributed by atoms with Crippen molar-refractivity contribution in [3.8, 4) is 0 Å². The summed E-state index contributed by atoms with van der Waals surface area (Å²) in [6, 6.07) is 0.394. The summed E-state index contributed by atoms with van der Waals surface area (Å²) >= 11 is 0. The van der Waals surface area contributed by atoms with Crippen LogP contribution in [0.1, 0.15) is 188 Å². The molecule has 0 aliphatic heterocycles. The number of nitrogens with zero attached hydrogens (tertiary/aromatic N) is 1. The normalized spacial score (nSPS) is 33.5. The topological polar surface area (TPSA) is 49.4 Å². The quantitative estimate of drug-likeness (QED) is 0.104. The van der Waals surface area contributed by atoms with E-state index in [-0.39, 0.29) is 5.91 Å². The minimum absolute atomic E-state index is 0.284. The second kappa shape index (κ2) is 19.3. The minimum atomic E-state index is 0.284. The molecular weight excluding hydrogens is 588 g/mol. The van der Waals surface area contributed by atoms with Crippen LogP contribution in [0.25, 0.3) is 0 Å². The average Bonchev–Trinajstić information content (AvgIpc) is 3.42. The van der Waals surface area contributed by atoms with Gasteiger partial charge in [-0.05, 0) is 143 Å². The van der Waals surface area contributed by atoms with Crippen LogP contribution in [0.3, 0.4) is 0 Å². The Kier molecular flexibility index (Phi) is 15.9. The molecule has 0 aromatic carbocycles. The van der Waals surface area contributed by atoms with Crippen molar-refractivity contribution in [3.05, 3.63) is 12.2 Å². The lowest BCUT2D eigenvalue weighted by Crippen LogP contribution is -2.55. The van der Waals surface area contributed by atoms with E-state index in [1.165, 1.54) is 135 Å². The number of hydrogen-bond donors (Lipinski definition) is 1. The van der Waals surface area contributed by atoms with Crippen molar-refractivity contribution in [2.75, 3.05) is 14.1 Å². The van der Waals surface area contributed by atoms with Gasteiger partial charge in [0, 0.05) is 33.0 Å². The molecule has 4 nitrogen and oxygen atoms in total. The fourth-order valence-corrected chi connectivity index (χ4v) is 11.8. The number of carbonyl (C=O) groups is 2. The monoisotopic (exact) mass is 667 g/mol. The molecule has 48 heavy (non-hydrogen) atoms. The summed E-state index contributed by atoms with van der Waals surface area (Å²) < 4.78 is 0. The number of allylic oxidation sites excluding steroid dienone is 2. The molecule has 4 heteroatoms. The minimum Gasteiger partial charge on any atom is -0.353 e. The Bertz CT molecular complexity index is 1010. The van der Waals surface area contributed by atoms with Crippen LogP contribution in [0.4, 0.5) is 0 Å². The SMILES string of the molecule is CCCCCCCC/C=C\CCCCCCCC(=O)NC1CCC2(C)C(CCC3C2CCC2(C)C3CCC2[C@H](C)CCC(=O)N(C)C)C1. The number of carbonyl (C=O) groups excluding carboxylic acids is 2. The molecule has 0 saturated heterocycles. The molecule has 276 valence electrons. The van der Waals surface area contributed by atoms with Crippen molar-refractivity contribution in [1.29, 1.82) is 0 Å². The van der Waals surface area contributed by atoms with Gasteiger partial charge in [0.05, 0.1) is 0 Å². The van der Waals surface area contributed by atoms with Crippen LogP contribution < -0.4 is 5.32 Å². The molecule has 0 radical (unpaired) electrons. The molecule has 4 saturated carbocycles. The smallest absolute Gasteiger partial charge is 0.222 e. The zero-order chi connectivity index (χ0) is 34.6. The third-order valence-corrected chi connectivity index (χ3v) is 14.8. The van der Waals surface area contributed by atoms with Crippen molar-refractivity contribution in [3.63, 3.8) is 0 Å². The van der Waals surface area contributed by atoms with Crippen molar-refractivity contribution in [2.24, 2.45) is 46.3 Å². The highest BCUT2D eigenvalue weighted by Gasteiger charge is 2.60. The van der Waals surface area contributed by atoms with Gasteiger partial charge in [-0.2, -0.15) is 0 Å². The summed E-state index contributed by atoms with van der Waals surface area (Å²) in [5.74, 6) is 5.40. The van der Waals surface area contributed by atoms with Crippen LogP contribution in [0.2, 0.25) is 0 Å². The van der Waals surface area contributed by atoms with Crippen LogP contribution in [0.15, 0.2) is 12.2 Å². The van der Waals surface area contributed by atoms with Gasteiger partial charge in [0.25, 0.3) is 0 Å². The van der Waals surface area contributed by atoms with E-state index in [2.05, 4.69) is 45.2 Å². The first kappa shape index (κ1) is 39.5. The number of amides is 2. The van der Waals surface area contributed by atoms with Crippen LogP contribution in [-0.2, 0) is 9.59 Å². The molecule has 0 heterocycles. The Morgan fingerprint density at radius 3 is 2.06 bits per heavy atom. The van der Waals surface area contributed by atoms with E-state index >= 15 is 0 Å². The average molecular weight is 667 g/mol. The predicted octanol–water partition coefficient (Wildman–Crippen LogP) is 11.7. The van der Waals surface area contributed by atoms with E-state index in [0.29, 0.717) is 41.5 Å². The van der Waals surface area contributed by atoms with Crippen molar-refractivity contribution < 1.29 is 9.59 Å². The van der Waals surface area contributed by atoms with Gasteiger partial charge in [0.2, 0.25) is 11.8 Å². The van der Waals surface area contributed by atoms with Gasteiger partial charge in [0.15, 0.2) is 0 Å². The molecule has 0 spiro atoms. The first-order valence-electron chi connectivity index (χ1n) is 21.2. The van der Waals surface area contributed by atoms with Gasteiger partial charge in [0.1, 0.15) is 0 Å². The van der Waals surface area contributed by atoms with Crippen molar-refractivity contribution in [1.82, 2.24) is 10.2 Å². The summed E-state index contributed by atoms with van der Waals surface area (Å²) in [7, 11) is 3.78. The molecule has 0 aromatic heterocycles. The summed E-state index contributed by atoms with van der Waals surface area (Å²) in [6.07, 6.45) is 36.1. The first-order valence-corrected chi connectivity index (χ1v) is 21.2. The Labute approximate surface area is 297 Å². The lowest BCUT2D eigenvalue weighted by atomic mass is 9.44. The maximum atomic E-state index is 12.9. The highest BCUT2D eigenvalue weighted by Crippen LogP contribution is 2.68. The van der Waals surface area contributed by atoms with Crippen LogP contribution in [-0.4, -0.2) is 36.9 Å². The maximum Gasteiger partial charge on any atom is 0.222 e. The highest BCUT2D eigenvalue weighted by atomic mass is 16.2. The fraction of sp³-hybridized carbons (Fsp3) is 0.909. The Morgan fingerprint density at radius 2 is 1.38 bits per heavy atom. The lowest BCUT2D eigenvalue weighted by Gasteiger charge is -2.61. The number of hydrogen-bond acceptors (Lipinski definition) is 2. The molecule has 4 fully saturated rings. The van der Waals surface area contributed by atoms with E-state index in [9.17, 15) is 9.59 Å². The van der Waals surface area contributed by atoms with Crippen LogP contribution in [0, 0.1) is 46.3 Å². The Balaban J connectivity index is 1.11. The first-order chi connectivity index (χ1) is 23.1. The van der Waals surface area contributed by atoms with Crippen LogP contribution >= 0.6 is 0 Å². The molecule has 2 amide bonds. The number of rotatable bonds is 20. The summed E-state index contributed by atoms with van der Waals surface area (Å²) in [5.41, 5.74) is 0.914. The second-order valence-corrected chi connectivity index (χ2v) is 18.1. The second-order valence-electron chi connectivity index (χ2n) is 18.1. The molecule has 1 N–H and O–H groups in total. The predicted molar refractivity (Wildman–Crippen MR) is 204 cm³/mol. The molecule has 9 atom stereocenters. The summed E-state index contributed by atoms with van der Waals surface area (Å²) in [5, 5.41) is 3.50. The standard InChI is InChI=1S/C44H78N2O2/c1-7-8-9-10-11-12-13-14-15-16-17-18-19-20-21-22-41(47)45-36-29-31-43(3)35(33-36)24-25-37-39-27-26-38(44(39,4)32-30-40(37)43)34(2)23-28-42(48)46(5)6/h14-15,34-40H,7-13,16-33H2,1-6H3,(H,45,47)/b15-14-/t34-,35?,36?,37?,38?,39?,40?,43?,44?/m1/s1. The largest absolute Gasteiger partial charge is 0.353 e. The lowest BCUT2D eigenvalue weighted by molar-refractivity contribution is -0.130. The van der Waals surface area contributed by atoms with Crippen molar-refractivity contribution >= 4 is 11.8 Å². The Hall–Kier alpha value is -1.32. The van der Waals surface area contributed by atoms with Gasteiger partial charge in [-0.1, -0.05) is 91.2 Å². The molecular formula is C44H78N2O2. The fourth-order valence-electron chi connectivity index (χ4n) is 11.8. The maximum absolute atomic E-state index is 12.9. The van der Waals surface area contributed by atoms with E-state index in [1.54, 1.807) is 4.90 Å². The molecule has 0 bridgehead atoms. The molecule has 0 aromatic rings. The van der Waals surface area contributed by atoms with Crippen molar-refractivity contribution in [2.45, 2.75) is 194 Å². The van der Waals surface area contributed by atoms with Crippen LogP contribution in [0.5, 0.6) is 0 Å². The third kappa shape index (κ3) is 10.4. The zero-order valence-electron chi connectivity index (χ0n) is 32.6. The highest BCUT2D eigenvalue weighted by molar-refractivity contribution is 5.76. The number of fused-ring (bicyclic) bond motifs is 5. The summed E-state index contributed by atoms with van der Waals surface area (Å²) in [4.78, 5) is 27.0. The summed E-state index contributed by atoms with van der Waals surface area (Å²) in [6.45, 7) is 10.0. The molecule has 4 aliphatic carbocycles. The zero-order valence-corrected chi connectivity index (χ0v) is 32.6. The molecule has 8 unspecified atom stereocenters. The van der Waals surface area contributed by atoms with Gasteiger partial charge in [-0.15, -0.1) is 0 Å². The van der Waals surface area contributed by atoms with E-state index < -0.39 is 0 Å². The third-order valence-electron chi connectivity index (χ3n) is 14.8. The van der Waals surface area contributed by atoms with Gasteiger partial charge >= 0.3 is 0 Å². The van der Waals surface area contributed by atoms with E-state index in [4.69, 9.17) is 0 Å². The van der Waals surface area contributed by atoms with Gasteiger partial charge in [-0.25, -0.2) is 0 Å². The number of unbranched alkanes of at least 4 members (excludes halogenated alkanes) is 11. The van der Waals surface area contributed by atoms with E-state index in [0.717, 1.165) is 42.4 Å². The van der Waals surface area contributed by atoms with Gasteiger partial charge in [-0.3, -0.25) is 9.59 Å². The molecule has 4 aliphatic rings. The Morgan fingerprint density at radius 1 is 0.750 bits per heavy atom.